The van der Waals surface area contributed by atoms with E-state index in [2.05, 4.69) is 5.32 Å². The average Bonchev–Trinajstić information content (AvgIpc) is 3.79. The standard InChI is InChI=1S/C34H47N3O10S/c1-22(2)31(39)35-14-13-34(3,4)20-36(48(42,43)24-10-11-29-30(17-24)47-21-46-29)18-28(38)26(16-23-8-6-5-7-9-23)37(33(40)41)27-19-45-32-25(27)12-15-44-32/h5-11,17,22,25-28,32,38H,12-16,18-21H2,1-4H3,(H,35,39)(H,40,41)/p-1/t25-,26-,27-,28+,32+/m0/s1. The van der Waals surface area contributed by atoms with Gasteiger partial charge in [-0.15, -0.1) is 0 Å². The summed E-state index contributed by atoms with van der Waals surface area (Å²) < 4.78 is 52.2. The summed E-state index contributed by atoms with van der Waals surface area (Å²) in [6, 6.07) is 11.7. The summed E-state index contributed by atoms with van der Waals surface area (Å²) in [5.74, 6) is 0.148. The predicted octanol–water partition coefficient (Wildman–Crippen LogP) is 1.97. The Bertz CT molecular complexity index is 1540. The summed E-state index contributed by atoms with van der Waals surface area (Å²) in [6.45, 7) is 7.68. The van der Waals surface area contributed by atoms with Crippen molar-refractivity contribution < 1.29 is 47.2 Å². The molecule has 2 saturated heterocycles. The van der Waals surface area contributed by atoms with Crippen LogP contribution in [0, 0.1) is 17.3 Å². The van der Waals surface area contributed by atoms with Crippen molar-refractivity contribution >= 4 is 22.0 Å². The number of carbonyl (C=O) groups is 2. The number of nitrogens with zero attached hydrogens (tertiary/aromatic N) is 2. The highest BCUT2D eigenvalue weighted by molar-refractivity contribution is 7.89. The van der Waals surface area contributed by atoms with E-state index in [1.807, 2.05) is 44.2 Å². The van der Waals surface area contributed by atoms with Gasteiger partial charge in [-0.05, 0) is 42.4 Å². The van der Waals surface area contributed by atoms with Gasteiger partial charge in [-0.1, -0.05) is 58.0 Å². The first-order chi connectivity index (χ1) is 22.8. The maximum Gasteiger partial charge on any atom is 0.243 e. The van der Waals surface area contributed by atoms with Gasteiger partial charge in [0.25, 0.3) is 0 Å². The van der Waals surface area contributed by atoms with Gasteiger partial charge in [-0.3, -0.25) is 4.79 Å². The molecule has 0 spiro atoms. The lowest BCUT2D eigenvalue weighted by molar-refractivity contribution is -0.273. The summed E-state index contributed by atoms with van der Waals surface area (Å²) in [4.78, 5) is 26.2. The van der Waals surface area contributed by atoms with Gasteiger partial charge < -0.3 is 44.2 Å². The second-order valence-corrected chi connectivity index (χ2v) is 15.7. The summed E-state index contributed by atoms with van der Waals surface area (Å²) in [6.07, 6.45) is -2.37. The minimum Gasteiger partial charge on any atom is -0.530 e. The van der Waals surface area contributed by atoms with Gasteiger partial charge in [0, 0.05) is 37.5 Å². The highest BCUT2D eigenvalue weighted by atomic mass is 32.2. The monoisotopic (exact) mass is 688 g/mol. The second kappa shape index (κ2) is 15.0. The number of rotatable bonds is 15. The van der Waals surface area contributed by atoms with Crippen LogP contribution in [0.3, 0.4) is 0 Å². The van der Waals surface area contributed by atoms with E-state index >= 15 is 0 Å². The number of benzene rings is 2. The Morgan fingerprint density at radius 2 is 1.81 bits per heavy atom. The Kier molecular flexibility index (Phi) is 11.2. The molecular weight excluding hydrogens is 642 g/mol. The minimum atomic E-state index is -4.27. The van der Waals surface area contributed by atoms with Crippen LogP contribution in [0.2, 0.25) is 0 Å². The van der Waals surface area contributed by atoms with Gasteiger partial charge in [0.2, 0.25) is 22.7 Å². The number of hydrogen-bond acceptors (Lipinski definition) is 10. The van der Waals surface area contributed by atoms with E-state index in [1.54, 1.807) is 13.8 Å². The molecule has 48 heavy (non-hydrogen) atoms. The van der Waals surface area contributed by atoms with E-state index < -0.39 is 52.6 Å². The van der Waals surface area contributed by atoms with Gasteiger partial charge in [0.15, 0.2) is 17.8 Å². The zero-order valence-electron chi connectivity index (χ0n) is 27.9. The molecule has 264 valence electrons. The third-order valence-electron chi connectivity index (χ3n) is 9.27. The van der Waals surface area contributed by atoms with E-state index in [1.165, 1.54) is 22.5 Å². The normalized spacial score (nSPS) is 21.7. The van der Waals surface area contributed by atoms with Crippen LogP contribution >= 0.6 is 0 Å². The maximum atomic E-state index is 14.4. The third kappa shape index (κ3) is 8.23. The lowest BCUT2D eigenvalue weighted by atomic mass is 9.88. The Labute approximate surface area is 282 Å². The molecule has 14 heteroatoms. The average molecular weight is 689 g/mol. The molecule has 0 radical (unpaired) electrons. The second-order valence-electron chi connectivity index (χ2n) is 13.8. The molecule has 2 amide bonds. The van der Waals surface area contributed by atoms with Crippen LogP contribution in [0.5, 0.6) is 11.5 Å². The van der Waals surface area contributed by atoms with Gasteiger partial charge >= 0.3 is 0 Å². The van der Waals surface area contributed by atoms with Crippen LogP contribution < -0.4 is 19.9 Å². The van der Waals surface area contributed by atoms with Gasteiger partial charge in [-0.2, -0.15) is 4.31 Å². The smallest absolute Gasteiger partial charge is 0.243 e. The topological polar surface area (TPSA) is 167 Å². The number of aliphatic hydroxyl groups excluding tert-OH is 1. The molecule has 2 N–H and O–H groups in total. The van der Waals surface area contributed by atoms with Crippen molar-refractivity contribution in [3.8, 4) is 11.5 Å². The molecule has 13 nitrogen and oxygen atoms in total. The summed E-state index contributed by atoms with van der Waals surface area (Å²) >= 11 is 0. The van der Waals surface area contributed by atoms with E-state index in [-0.39, 0.29) is 54.8 Å². The quantitative estimate of drug-likeness (QED) is 0.283. The number of nitrogens with one attached hydrogen (secondary N) is 1. The van der Waals surface area contributed by atoms with E-state index in [0.717, 1.165) is 10.5 Å². The molecule has 0 aromatic heterocycles. The number of hydrogen-bond donors (Lipinski definition) is 2. The van der Waals surface area contributed by atoms with Crippen molar-refractivity contribution in [1.82, 2.24) is 14.5 Å². The number of fused-ring (bicyclic) bond motifs is 2. The highest BCUT2D eigenvalue weighted by Gasteiger charge is 2.47. The number of ether oxygens (including phenoxy) is 4. The fourth-order valence-corrected chi connectivity index (χ4v) is 8.23. The van der Waals surface area contributed by atoms with Crippen molar-refractivity contribution in [3.05, 3.63) is 54.1 Å². The Hall–Kier alpha value is -3.43. The van der Waals surface area contributed by atoms with Crippen LogP contribution in [0.15, 0.2) is 53.4 Å². The molecule has 2 aromatic rings. The van der Waals surface area contributed by atoms with Crippen molar-refractivity contribution in [2.75, 3.05) is 39.6 Å². The zero-order chi connectivity index (χ0) is 34.6. The first-order valence-corrected chi connectivity index (χ1v) is 17.8. The minimum absolute atomic E-state index is 0.0333. The third-order valence-corrected chi connectivity index (χ3v) is 11.1. The van der Waals surface area contributed by atoms with Crippen molar-refractivity contribution in [1.29, 1.82) is 0 Å². The highest BCUT2D eigenvalue weighted by Crippen LogP contribution is 2.38. The molecule has 5 atom stereocenters. The number of amides is 2. The maximum absolute atomic E-state index is 14.4. The van der Waals surface area contributed by atoms with Gasteiger partial charge in [0.05, 0.1) is 36.3 Å². The van der Waals surface area contributed by atoms with Crippen molar-refractivity contribution in [2.45, 2.75) is 76.3 Å². The molecule has 3 aliphatic rings. The van der Waals surface area contributed by atoms with E-state index in [0.29, 0.717) is 31.7 Å². The number of carboxylic acid groups (broad SMARTS) is 1. The number of aliphatic hydroxyl groups is 1. The van der Waals surface area contributed by atoms with Crippen LogP contribution in [-0.2, 0) is 30.7 Å². The number of sulfonamides is 1. The molecule has 0 unspecified atom stereocenters. The fraction of sp³-hybridized carbons (Fsp3) is 0.588. The molecule has 3 aliphatic heterocycles. The SMILES string of the molecule is CC(C)C(=O)NCCC(C)(C)CN(C[C@@H](O)[C@H](Cc1ccccc1)N(C(=O)[O-])[C@H]1CO[C@H]2OCC[C@H]21)S(=O)(=O)c1ccc2c(c1)OCO2. The van der Waals surface area contributed by atoms with Crippen LogP contribution in [-0.4, -0.2) is 98.8 Å². The Morgan fingerprint density at radius 3 is 2.52 bits per heavy atom. The molecule has 3 heterocycles. The molecule has 2 aromatic carbocycles. The summed E-state index contributed by atoms with van der Waals surface area (Å²) in [7, 11) is -4.27. The Morgan fingerprint density at radius 1 is 1.08 bits per heavy atom. The molecule has 5 rings (SSSR count). The largest absolute Gasteiger partial charge is 0.530 e. The summed E-state index contributed by atoms with van der Waals surface area (Å²) in [5.41, 5.74) is 0.0988. The molecular formula is C34H46N3O10S-. The molecule has 0 saturated carbocycles. The Balaban J connectivity index is 1.47. The zero-order valence-corrected chi connectivity index (χ0v) is 28.7. The molecule has 2 fully saturated rings. The lowest BCUT2D eigenvalue weighted by Gasteiger charge is -2.43. The van der Waals surface area contributed by atoms with Crippen molar-refractivity contribution in [2.24, 2.45) is 17.3 Å². The van der Waals surface area contributed by atoms with Gasteiger partial charge in [0.1, 0.15) is 6.09 Å². The first-order valence-electron chi connectivity index (χ1n) is 16.4. The first kappa shape index (κ1) is 35.9. The lowest BCUT2D eigenvalue weighted by Crippen LogP contribution is -2.61. The van der Waals surface area contributed by atoms with E-state index in [4.69, 9.17) is 18.9 Å². The fourth-order valence-electron chi connectivity index (χ4n) is 6.57. The van der Waals surface area contributed by atoms with Crippen LogP contribution in [0.1, 0.15) is 46.1 Å². The van der Waals surface area contributed by atoms with Gasteiger partial charge in [-0.25, -0.2) is 8.42 Å². The van der Waals surface area contributed by atoms with E-state index in [9.17, 15) is 28.2 Å². The number of carbonyl (C=O) groups excluding carboxylic acids is 2. The van der Waals surface area contributed by atoms with Crippen LogP contribution in [0.25, 0.3) is 0 Å². The van der Waals surface area contributed by atoms with Crippen LogP contribution in [0.4, 0.5) is 4.79 Å². The van der Waals surface area contributed by atoms with Crippen molar-refractivity contribution in [3.63, 3.8) is 0 Å². The predicted molar refractivity (Wildman–Crippen MR) is 172 cm³/mol. The summed E-state index contributed by atoms with van der Waals surface area (Å²) in [5, 5.41) is 27.8. The molecule has 0 aliphatic carbocycles. The molecule has 0 bridgehead atoms.